The number of ether oxygens (including phenoxy) is 1. The van der Waals surface area contributed by atoms with Gasteiger partial charge in [0.15, 0.2) is 5.43 Å². The summed E-state index contributed by atoms with van der Waals surface area (Å²) in [5, 5.41) is 2.77. The molecule has 1 fully saturated rings. The van der Waals surface area contributed by atoms with Gasteiger partial charge in [0.25, 0.3) is 5.91 Å². The standard InChI is InChI=1S/C13H19N3O3/c1-10-8-12(17)11(9-15-10)13(18)14-2-3-16-4-6-19-7-5-16/h8-9H,2-7H2,1H3,(H,14,18)(H,15,17). The zero-order valence-corrected chi connectivity index (χ0v) is 11.1. The second-order valence-electron chi connectivity index (χ2n) is 4.60. The van der Waals surface area contributed by atoms with Crippen molar-refractivity contribution in [2.75, 3.05) is 39.4 Å². The Kier molecular flexibility index (Phi) is 4.70. The number of carbonyl (C=O) groups is 1. The molecule has 6 heteroatoms. The van der Waals surface area contributed by atoms with Gasteiger partial charge in [-0.3, -0.25) is 14.5 Å². The molecule has 6 nitrogen and oxygen atoms in total. The summed E-state index contributed by atoms with van der Waals surface area (Å²) in [5.41, 5.74) is 0.655. The highest BCUT2D eigenvalue weighted by atomic mass is 16.5. The van der Waals surface area contributed by atoms with E-state index in [9.17, 15) is 9.59 Å². The lowest BCUT2D eigenvalue weighted by Crippen LogP contribution is -2.41. The Morgan fingerprint density at radius 2 is 2.21 bits per heavy atom. The molecule has 0 radical (unpaired) electrons. The van der Waals surface area contributed by atoms with E-state index in [1.807, 2.05) is 0 Å². The normalized spacial score (nSPS) is 16.3. The van der Waals surface area contributed by atoms with E-state index in [4.69, 9.17) is 4.74 Å². The van der Waals surface area contributed by atoms with Gasteiger partial charge in [0, 0.05) is 44.1 Å². The van der Waals surface area contributed by atoms with Crippen molar-refractivity contribution in [2.45, 2.75) is 6.92 Å². The number of nitrogens with one attached hydrogen (secondary N) is 2. The molecule has 0 bridgehead atoms. The molecular formula is C13H19N3O3. The Labute approximate surface area is 111 Å². The molecule has 19 heavy (non-hydrogen) atoms. The summed E-state index contributed by atoms with van der Waals surface area (Å²) in [4.78, 5) is 28.6. The van der Waals surface area contributed by atoms with E-state index in [1.54, 1.807) is 6.92 Å². The number of rotatable bonds is 4. The predicted octanol–water partition coefficient (Wildman–Crippen LogP) is -0.255. The Morgan fingerprint density at radius 3 is 2.89 bits per heavy atom. The van der Waals surface area contributed by atoms with Crippen molar-refractivity contribution in [1.82, 2.24) is 15.2 Å². The highest BCUT2D eigenvalue weighted by molar-refractivity contribution is 5.93. The minimum atomic E-state index is -0.325. The first-order valence-electron chi connectivity index (χ1n) is 6.44. The van der Waals surface area contributed by atoms with Gasteiger partial charge in [-0.05, 0) is 6.92 Å². The zero-order chi connectivity index (χ0) is 13.7. The lowest BCUT2D eigenvalue weighted by atomic mass is 10.2. The number of aromatic amines is 1. The van der Waals surface area contributed by atoms with Crippen LogP contribution in [0.5, 0.6) is 0 Å². The fourth-order valence-corrected chi connectivity index (χ4v) is 2.00. The lowest BCUT2D eigenvalue weighted by Gasteiger charge is -2.26. The van der Waals surface area contributed by atoms with Crippen LogP contribution in [0, 0.1) is 6.92 Å². The van der Waals surface area contributed by atoms with E-state index in [0.717, 1.165) is 38.5 Å². The molecule has 1 aliphatic rings. The highest BCUT2D eigenvalue weighted by Gasteiger charge is 2.12. The summed E-state index contributed by atoms with van der Waals surface area (Å²) < 4.78 is 5.25. The number of H-pyrrole nitrogens is 1. The fraction of sp³-hybridized carbons (Fsp3) is 0.538. The van der Waals surface area contributed by atoms with Crippen LogP contribution in [0.15, 0.2) is 17.1 Å². The first-order valence-corrected chi connectivity index (χ1v) is 6.44. The summed E-state index contributed by atoms with van der Waals surface area (Å²) >= 11 is 0. The van der Waals surface area contributed by atoms with Crippen LogP contribution in [0.2, 0.25) is 0 Å². The van der Waals surface area contributed by atoms with E-state index in [1.165, 1.54) is 12.3 Å². The van der Waals surface area contributed by atoms with Crippen LogP contribution in [0.25, 0.3) is 0 Å². The highest BCUT2D eigenvalue weighted by Crippen LogP contribution is 1.96. The van der Waals surface area contributed by atoms with Gasteiger partial charge in [-0.2, -0.15) is 0 Å². The van der Waals surface area contributed by atoms with Gasteiger partial charge in [0.05, 0.1) is 13.2 Å². The van der Waals surface area contributed by atoms with Crippen molar-refractivity contribution in [1.29, 1.82) is 0 Å². The molecule has 1 aromatic rings. The minimum Gasteiger partial charge on any atom is -0.379 e. The summed E-state index contributed by atoms with van der Waals surface area (Å²) in [7, 11) is 0. The molecular weight excluding hydrogens is 246 g/mol. The van der Waals surface area contributed by atoms with E-state index in [2.05, 4.69) is 15.2 Å². The molecule has 0 saturated carbocycles. The zero-order valence-electron chi connectivity index (χ0n) is 11.1. The second-order valence-corrected chi connectivity index (χ2v) is 4.60. The molecule has 2 heterocycles. The minimum absolute atomic E-state index is 0.160. The molecule has 0 atom stereocenters. The summed E-state index contributed by atoms with van der Waals surface area (Å²) in [5.74, 6) is -0.325. The number of hydrogen-bond acceptors (Lipinski definition) is 4. The topological polar surface area (TPSA) is 74.4 Å². The van der Waals surface area contributed by atoms with E-state index in [0.29, 0.717) is 6.54 Å². The largest absolute Gasteiger partial charge is 0.379 e. The number of carbonyl (C=O) groups excluding carboxylic acids is 1. The number of morpholine rings is 1. The molecule has 1 saturated heterocycles. The number of hydrogen-bond donors (Lipinski definition) is 2. The Hall–Kier alpha value is -1.66. The van der Waals surface area contributed by atoms with E-state index < -0.39 is 0 Å². The molecule has 0 aliphatic carbocycles. The molecule has 1 aromatic heterocycles. The monoisotopic (exact) mass is 265 g/mol. The van der Waals surface area contributed by atoms with Crippen molar-refractivity contribution in [3.8, 4) is 0 Å². The van der Waals surface area contributed by atoms with Crippen LogP contribution in [-0.2, 0) is 4.74 Å². The van der Waals surface area contributed by atoms with Crippen LogP contribution in [-0.4, -0.2) is 55.2 Å². The van der Waals surface area contributed by atoms with Crippen molar-refractivity contribution >= 4 is 5.91 Å². The van der Waals surface area contributed by atoms with Gasteiger partial charge in [-0.15, -0.1) is 0 Å². The lowest BCUT2D eigenvalue weighted by molar-refractivity contribution is 0.0383. The SMILES string of the molecule is Cc1cc(=O)c(C(=O)NCCN2CCOCC2)c[nH]1. The van der Waals surface area contributed by atoms with Gasteiger partial charge in [-0.25, -0.2) is 0 Å². The molecule has 2 N–H and O–H groups in total. The third-order valence-corrected chi connectivity index (χ3v) is 3.12. The van der Waals surface area contributed by atoms with Gasteiger partial charge in [0.1, 0.15) is 5.56 Å². The van der Waals surface area contributed by atoms with Crippen LogP contribution in [0.3, 0.4) is 0 Å². The van der Waals surface area contributed by atoms with Gasteiger partial charge in [-0.1, -0.05) is 0 Å². The van der Waals surface area contributed by atoms with Crippen molar-refractivity contribution in [3.63, 3.8) is 0 Å². The first-order chi connectivity index (χ1) is 9.16. The van der Waals surface area contributed by atoms with Gasteiger partial charge < -0.3 is 15.0 Å². The number of nitrogens with zero attached hydrogens (tertiary/aromatic N) is 1. The van der Waals surface area contributed by atoms with Gasteiger partial charge >= 0.3 is 0 Å². The van der Waals surface area contributed by atoms with Crippen LogP contribution in [0.4, 0.5) is 0 Å². The second kappa shape index (κ2) is 6.49. The molecule has 104 valence electrons. The number of aryl methyl sites for hydroxylation is 1. The number of pyridine rings is 1. The number of aromatic nitrogens is 1. The average Bonchev–Trinajstić information content (AvgIpc) is 2.39. The smallest absolute Gasteiger partial charge is 0.256 e. The van der Waals surface area contributed by atoms with E-state index in [-0.39, 0.29) is 16.9 Å². The molecule has 1 aliphatic heterocycles. The molecule has 1 amide bonds. The number of amides is 1. The Balaban J connectivity index is 1.82. The van der Waals surface area contributed by atoms with Crippen LogP contribution >= 0.6 is 0 Å². The molecule has 0 unspecified atom stereocenters. The first kappa shape index (κ1) is 13.8. The van der Waals surface area contributed by atoms with E-state index >= 15 is 0 Å². The molecule has 0 aromatic carbocycles. The fourth-order valence-electron chi connectivity index (χ4n) is 2.00. The summed E-state index contributed by atoms with van der Waals surface area (Å²) in [6.07, 6.45) is 1.46. The predicted molar refractivity (Wildman–Crippen MR) is 71.4 cm³/mol. The van der Waals surface area contributed by atoms with Crippen LogP contribution < -0.4 is 10.7 Å². The Morgan fingerprint density at radius 1 is 1.47 bits per heavy atom. The maximum atomic E-state index is 11.8. The molecule has 2 rings (SSSR count). The van der Waals surface area contributed by atoms with Crippen molar-refractivity contribution < 1.29 is 9.53 Å². The Bertz CT molecular complexity index is 492. The quantitative estimate of drug-likeness (QED) is 0.787. The average molecular weight is 265 g/mol. The van der Waals surface area contributed by atoms with Crippen LogP contribution in [0.1, 0.15) is 16.1 Å². The van der Waals surface area contributed by atoms with Crippen molar-refractivity contribution in [2.24, 2.45) is 0 Å². The summed E-state index contributed by atoms with van der Waals surface area (Å²) in [6, 6.07) is 1.43. The summed E-state index contributed by atoms with van der Waals surface area (Å²) in [6.45, 7) is 6.35. The van der Waals surface area contributed by atoms with Crippen molar-refractivity contribution in [3.05, 3.63) is 33.7 Å². The maximum absolute atomic E-state index is 11.8. The maximum Gasteiger partial charge on any atom is 0.256 e. The molecule has 0 spiro atoms. The third-order valence-electron chi connectivity index (χ3n) is 3.12. The third kappa shape index (κ3) is 3.90. The van der Waals surface area contributed by atoms with Gasteiger partial charge in [0.2, 0.25) is 0 Å².